The van der Waals surface area contributed by atoms with Crippen molar-refractivity contribution in [1.29, 1.82) is 0 Å². The lowest BCUT2D eigenvalue weighted by molar-refractivity contribution is 0.207. The summed E-state index contributed by atoms with van der Waals surface area (Å²) in [5.74, 6) is 1.17. The Morgan fingerprint density at radius 3 is 2.31 bits per heavy atom. The van der Waals surface area contributed by atoms with Gasteiger partial charge in [0.15, 0.2) is 11.0 Å². The second kappa shape index (κ2) is 7.77. The second-order valence-electron chi connectivity index (χ2n) is 7.20. The van der Waals surface area contributed by atoms with Crippen LogP contribution >= 0.6 is 23.3 Å². The fourth-order valence-electron chi connectivity index (χ4n) is 2.82. The lowest BCUT2D eigenvalue weighted by atomic mass is 9.87. The molecule has 1 aromatic heterocycles. The van der Waals surface area contributed by atoms with Gasteiger partial charge < -0.3 is 9.80 Å². The largest absolute Gasteiger partial charge is 0.350 e. The Morgan fingerprint density at radius 1 is 1.15 bits per heavy atom. The average molecular weight is 395 g/mol. The molecule has 2 heterocycles. The van der Waals surface area contributed by atoms with Crippen LogP contribution in [0, 0.1) is 0 Å². The molecule has 26 heavy (non-hydrogen) atoms. The number of rotatable bonds is 2. The van der Waals surface area contributed by atoms with E-state index in [9.17, 15) is 5.21 Å². The van der Waals surface area contributed by atoms with Gasteiger partial charge in [-0.3, -0.25) is 5.21 Å². The number of aromatic nitrogens is 2. The zero-order chi connectivity index (χ0) is 18.7. The SMILES string of the molecule is CC(C)(C)c1ccc(N=C(NO)N2CCN(c3nsnc3Cl)CC2)cc1. The van der Waals surface area contributed by atoms with Gasteiger partial charge >= 0.3 is 0 Å². The summed E-state index contributed by atoms with van der Waals surface area (Å²) in [4.78, 5) is 8.63. The van der Waals surface area contributed by atoms with Crippen LogP contribution in [0.2, 0.25) is 5.15 Å². The molecule has 1 saturated heterocycles. The molecule has 9 heteroatoms. The number of nitrogens with one attached hydrogen (secondary N) is 1. The fourth-order valence-corrected chi connectivity index (χ4v) is 3.59. The van der Waals surface area contributed by atoms with E-state index in [1.165, 1.54) is 5.56 Å². The summed E-state index contributed by atoms with van der Waals surface area (Å²) >= 11 is 7.17. The third kappa shape index (κ3) is 4.25. The van der Waals surface area contributed by atoms with Crippen LogP contribution in [0.25, 0.3) is 0 Å². The number of nitrogens with zero attached hydrogens (tertiary/aromatic N) is 5. The van der Waals surface area contributed by atoms with Crippen LogP contribution in [-0.2, 0) is 5.41 Å². The summed E-state index contributed by atoms with van der Waals surface area (Å²) in [6, 6.07) is 8.08. The second-order valence-corrected chi connectivity index (χ2v) is 8.08. The highest BCUT2D eigenvalue weighted by Crippen LogP contribution is 2.25. The summed E-state index contributed by atoms with van der Waals surface area (Å²) in [6.45, 7) is 9.38. The zero-order valence-electron chi connectivity index (χ0n) is 15.1. The standard InChI is InChI=1S/C17H23ClN6OS/c1-17(2,3)12-4-6-13(7-5-12)19-16(20-25)24-10-8-23(9-11-24)15-14(18)21-26-22-15/h4-7,25H,8-11H2,1-3H3,(H,19,20). The van der Waals surface area contributed by atoms with Crippen LogP contribution in [0.15, 0.2) is 29.3 Å². The van der Waals surface area contributed by atoms with E-state index in [-0.39, 0.29) is 5.41 Å². The first-order chi connectivity index (χ1) is 12.4. The molecule has 1 fully saturated rings. The highest BCUT2D eigenvalue weighted by Gasteiger charge is 2.23. The number of halogens is 1. The first-order valence-corrected chi connectivity index (χ1v) is 9.56. The summed E-state index contributed by atoms with van der Waals surface area (Å²) in [7, 11) is 0. The Kier molecular flexibility index (Phi) is 5.64. The minimum atomic E-state index is 0.0997. The van der Waals surface area contributed by atoms with Crippen LogP contribution in [0.3, 0.4) is 0 Å². The van der Waals surface area contributed by atoms with Gasteiger partial charge in [0.2, 0.25) is 5.96 Å². The summed E-state index contributed by atoms with van der Waals surface area (Å²) < 4.78 is 8.24. The van der Waals surface area contributed by atoms with Crippen LogP contribution in [-0.4, -0.2) is 51.0 Å². The predicted octanol–water partition coefficient (Wildman–Crippen LogP) is 3.28. The van der Waals surface area contributed by atoms with Gasteiger partial charge in [0.05, 0.1) is 17.4 Å². The van der Waals surface area contributed by atoms with Crippen molar-refractivity contribution in [1.82, 2.24) is 19.1 Å². The van der Waals surface area contributed by atoms with E-state index in [0.717, 1.165) is 36.3 Å². The number of benzene rings is 1. The van der Waals surface area contributed by atoms with Gasteiger partial charge in [0.25, 0.3) is 0 Å². The monoisotopic (exact) mass is 394 g/mol. The molecule has 1 aromatic carbocycles. The molecule has 1 aliphatic heterocycles. The Hall–Kier alpha value is -1.90. The van der Waals surface area contributed by atoms with E-state index in [0.29, 0.717) is 24.2 Å². The molecule has 7 nitrogen and oxygen atoms in total. The molecule has 0 unspecified atom stereocenters. The lowest BCUT2D eigenvalue weighted by Gasteiger charge is -2.35. The zero-order valence-corrected chi connectivity index (χ0v) is 16.7. The molecule has 0 saturated carbocycles. The smallest absolute Gasteiger partial charge is 0.223 e. The quantitative estimate of drug-likeness (QED) is 0.462. The molecule has 0 radical (unpaired) electrons. The Morgan fingerprint density at radius 2 is 1.81 bits per heavy atom. The van der Waals surface area contributed by atoms with E-state index in [4.69, 9.17) is 11.6 Å². The van der Waals surface area contributed by atoms with Gasteiger partial charge in [-0.1, -0.05) is 44.5 Å². The minimum Gasteiger partial charge on any atom is -0.350 e. The number of hydrogen-bond acceptors (Lipinski definition) is 6. The van der Waals surface area contributed by atoms with Crippen molar-refractivity contribution in [2.45, 2.75) is 26.2 Å². The van der Waals surface area contributed by atoms with Crippen molar-refractivity contribution in [3.05, 3.63) is 35.0 Å². The number of hydroxylamine groups is 1. The molecule has 140 valence electrons. The van der Waals surface area contributed by atoms with E-state index in [2.05, 4.69) is 57.0 Å². The molecule has 2 N–H and O–H groups in total. The summed E-state index contributed by atoms with van der Waals surface area (Å²) in [5, 5.41) is 9.98. The molecular formula is C17H23ClN6OS. The van der Waals surface area contributed by atoms with Crippen molar-refractivity contribution in [2.24, 2.45) is 4.99 Å². The predicted molar refractivity (Wildman–Crippen MR) is 106 cm³/mol. The van der Waals surface area contributed by atoms with Crippen LogP contribution in [0.5, 0.6) is 0 Å². The Labute approximate surface area is 162 Å². The molecule has 0 atom stereocenters. The van der Waals surface area contributed by atoms with Crippen LogP contribution in [0.4, 0.5) is 11.5 Å². The maximum atomic E-state index is 9.54. The minimum absolute atomic E-state index is 0.0997. The van der Waals surface area contributed by atoms with E-state index < -0.39 is 0 Å². The van der Waals surface area contributed by atoms with Gasteiger partial charge in [0.1, 0.15) is 0 Å². The molecule has 0 spiro atoms. The van der Waals surface area contributed by atoms with Crippen molar-refractivity contribution in [3.8, 4) is 0 Å². The summed E-state index contributed by atoms with van der Waals surface area (Å²) in [6.07, 6.45) is 0. The molecule has 0 amide bonds. The highest BCUT2D eigenvalue weighted by atomic mass is 35.5. The van der Waals surface area contributed by atoms with E-state index >= 15 is 0 Å². The van der Waals surface area contributed by atoms with Gasteiger partial charge in [-0.2, -0.15) is 8.75 Å². The molecule has 1 aliphatic rings. The number of guanidine groups is 1. The van der Waals surface area contributed by atoms with Crippen molar-refractivity contribution >= 4 is 40.8 Å². The van der Waals surface area contributed by atoms with Crippen LogP contribution in [0.1, 0.15) is 26.3 Å². The van der Waals surface area contributed by atoms with Gasteiger partial charge in [0, 0.05) is 26.2 Å². The third-order valence-electron chi connectivity index (χ3n) is 4.38. The number of piperazine rings is 1. The first kappa shape index (κ1) is 18.9. The van der Waals surface area contributed by atoms with Gasteiger partial charge in [-0.25, -0.2) is 10.5 Å². The fraction of sp³-hybridized carbons (Fsp3) is 0.471. The highest BCUT2D eigenvalue weighted by molar-refractivity contribution is 6.99. The van der Waals surface area contributed by atoms with E-state index in [1.54, 1.807) is 0 Å². The van der Waals surface area contributed by atoms with Crippen molar-refractivity contribution in [3.63, 3.8) is 0 Å². The average Bonchev–Trinajstić information content (AvgIpc) is 3.05. The van der Waals surface area contributed by atoms with Crippen molar-refractivity contribution in [2.75, 3.05) is 31.1 Å². The van der Waals surface area contributed by atoms with Crippen LogP contribution < -0.4 is 10.4 Å². The number of aliphatic imine (C=N–C) groups is 1. The topological polar surface area (TPSA) is 76.9 Å². The maximum Gasteiger partial charge on any atom is 0.223 e. The Balaban J connectivity index is 1.68. The third-order valence-corrected chi connectivity index (χ3v) is 5.25. The number of hydrogen-bond donors (Lipinski definition) is 2. The molecule has 2 aromatic rings. The Bertz CT molecular complexity index is 762. The molecule has 0 bridgehead atoms. The van der Waals surface area contributed by atoms with Crippen molar-refractivity contribution < 1.29 is 5.21 Å². The van der Waals surface area contributed by atoms with Gasteiger partial charge in [-0.05, 0) is 23.1 Å². The lowest BCUT2D eigenvalue weighted by Crippen LogP contribution is -2.52. The first-order valence-electron chi connectivity index (χ1n) is 8.46. The molecule has 0 aliphatic carbocycles. The normalized spacial score (nSPS) is 16.1. The maximum absolute atomic E-state index is 9.54. The van der Waals surface area contributed by atoms with Gasteiger partial charge in [-0.15, -0.1) is 0 Å². The number of anilines is 1. The molecule has 3 rings (SSSR count). The molecular weight excluding hydrogens is 372 g/mol. The van der Waals surface area contributed by atoms with E-state index in [1.807, 2.05) is 17.0 Å². The summed E-state index contributed by atoms with van der Waals surface area (Å²) in [5.41, 5.74) is 4.37.